The van der Waals surface area contributed by atoms with E-state index in [1.165, 1.54) is 41.4 Å². The number of hydrogen-bond donors (Lipinski definition) is 2. The lowest BCUT2D eigenvalue weighted by Crippen LogP contribution is -2.50. The first kappa shape index (κ1) is 19.6. The Balaban J connectivity index is 1.82. The lowest BCUT2D eigenvalue weighted by molar-refractivity contribution is -0.124. The van der Waals surface area contributed by atoms with Gasteiger partial charge in [0.05, 0.1) is 11.6 Å². The largest absolute Gasteiger partial charge is 0.418 e. The van der Waals surface area contributed by atoms with Gasteiger partial charge in [0.15, 0.2) is 5.84 Å². The van der Waals surface area contributed by atoms with E-state index in [0.29, 0.717) is 5.02 Å². The van der Waals surface area contributed by atoms with Gasteiger partial charge in [-0.15, -0.1) is 0 Å². The number of pyridine rings is 1. The molecule has 1 aromatic carbocycles. The summed E-state index contributed by atoms with van der Waals surface area (Å²) in [4.78, 5) is 33.3. The standard InChI is InChI=1S/C18H17ClFN5O3/c1-18(9-25(2)16(26)15(21)24-18)12-7-11(4-5-13(12)20)23-17(27)28-14-6-3-10(19)8-22-14/h3-8H,9H2,1-2H3,(H2,21,24)(H,23,27). The minimum absolute atomic E-state index is 0.0565. The topological polar surface area (TPSA) is 110 Å². The van der Waals surface area contributed by atoms with Gasteiger partial charge in [0.25, 0.3) is 5.91 Å². The van der Waals surface area contributed by atoms with Crippen LogP contribution in [0, 0.1) is 5.82 Å². The normalized spacial score (nSPS) is 19.2. The number of aliphatic imine (C=N–C) groups is 1. The highest BCUT2D eigenvalue weighted by Gasteiger charge is 2.37. The number of rotatable bonds is 3. The quantitative estimate of drug-likeness (QED) is 0.815. The fourth-order valence-electron chi connectivity index (χ4n) is 2.90. The first-order valence-electron chi connectivity index (χ1n) is 8.19. The molecule has 0 saturated heterocycles. The highest BCUT2D eigenvalue weighted by atomic mass is 35.5. The zero-order chi connectivity index (χ0) is 20.5. The Hall–Kier alpha value is -3.20. The number of amides is 2. The summed E-state index contributed by atoms with van der Waals surface area (Å²) in [5.41, 5.74) is 5.04. The summed E-state index contributed by atoms with van der Waals surface area (Å²) in [6, 6.07) is 6.96. The van der Waals surface area contributed by atoms with Crippen molar-refractivity contribution in [3.8, 4) is 5.88 Å². The van der Waals surface area contributed by atoms with Gasteiger partial charge >= 0.3 is 6.09 Å². The summed E-state index contributed by atoms with van der Waals surface area (Å²) in [6.45, 7) is 1.78. The molecule has 1 atom stereocenters. The second kappa shape index (κ2) is 7.43. The van der Waals surface area contributed by atoms with E-state index in [0.717, 1.165) is 0 Å². The van der Waals surface area contributed by atoms with E-state index in [-0.39, 0.29) is 29.5 Å². The molecule has 10 heteroatoms. The smallest absolute Gasteiger partial charge is 0.391 e. The fraction of sp³-hybridized carbons (Fsp3) is 0.222. The summed E-state index contributed by atoms with van der Waals surface area (Å²) < 4.78 is 19.5. The number of likely N-dealkylation sites (N-methyl/N-ethyl adjacent to an activating group) is 1. The maximum absolute atomic E-state index is 14.5. The zero-order valence-electron chi connectivity index (χ0n) is 15.1. The number of nitrogens with two attached hydrogens (primary N) is 1. The van der Waals surface area contributed by atoms with Gasteiger partial charge in [-0.05, 0) is 31.2 Å². The molecule has 0 saturated carbocycles. The average molecular weight is 406 g/mol. The molecule has 3 rings (SSSR count). The monoisotopic (exact) mass is 405 g/mol. The molecule has 0 bridgehead atoms. The molecule has 8 nitrogen and oxygen atoms in total. The number of hydrogen-bond acceptors (Lipinski definition) is 6. The maximum atomic E-state index is 14.5. The molecule has 0 radical (unpaired) electrons. The van der Waals surface area contributed by atoms with Gasteiger partial charge in [0, 0.05) is 30.6 Å². The number of carbonyl (C=O) groups is 2. The first-order valence-corrected chi connectivity index (χ1v) is 8.57. The molecule has 1 aromatic heterocycles. The summed E-state index contributed by atoms with van der Waals surface area (Å²) in [6.07, 6.45) is 0.529. The Morgan fingerprint density at radius 2 is 2.14 bits per heavy atom. The Labute approximate surface area is 165 Å². The predicted octanol–water partition coefficient (Wildman–Crippen LogP) is 2.53. The molecule has 28 heavy (non-hydrogen) atoms. The molecule has 2 aromatic rings. The Kier molecular flexibility index (Phi) is 5.19. The third-order valence-corrected chi connectivity index (χ3v) is 4.39. The SMILES string of the molecule is CN1CC(C)(c2cc(NC(=O)Oc3ccc(Cl)cn3)ccc2F)N=C(N)C1=O. The van der Waals surface area contributed by atoms with Gasteiger partial charge in [-0.1, -0.05) is 11.6 Å². The third-order valence-electron chi connectivity index (χ3n) is 4.17. The number of amidine groups is 1. The molecule has 2 heterocycles. The van der Waals surface area contributed by atoms with Crippen LogP contribution in [0.5, 0.6) is 5.88 Å². The summed E-state index contributed by atoms with van der Waals surface area (Å²) >= 11 is 5.73. The molecule has 0 fully saturated rings. The lowest BCUT2D eigenvalue weighted by Gasteiger charge is -2.35. The molecule has 1 aliphatic heterocycles. The van der Waals surface area contributed by atoms with Crippen molar-refractivity contribution in [1.29, 1.82) is 0 Å². The first-order chi connectivity index (χ1) is 13.2. The van der Waals surface area contributed by atoms with E-state index in [9.17, 15) is 14.0 Å². The van der Waals surface area contributed by atoms with Crippen molar-refractivity contribution in [3.05, 3.63) is 52.9 Å². The van der Waals surface area contributed by atoms with Crippen LogP contribution in [-0.2, 0) is 10.3 Å². The van der Waals surface area contributed by atoms with Crippen LogP contribution >= 0.6 is 11.6 Å². The van der Waals surface area contributed by atoms with Gasteiger partial charge < -0.3 is 15.4 Å². The molecule has 2 amide bonds. The van der Waals surface area contributed by atoms with Gasteiger partial charge in [0.2, 0.25) is 5.88 Å². The van der Waals surface area contributed by atoms with Crippen molar-refractivity contribution in [1.82, 2.24) is 9.88 Å². The van der Waals surface area contributed by atoms with E-state index >= 15 is 0 Å². The molecule has 3 N–H and O–H groups in total. The van der Waals surface area contributed by atoms with Crippen LogP contribution in [0.25, 0.3) is 0 Å². The van der Waals surface area contributed by atoms with Crippen molar-refractivity contribution < 1.29 is 18.7 Å². The van der Waals surface area contributed by atoms with Gasteiger partial charge in [0.1, 0.15) is 11.4 Å². The van der Waals surface area contributed by atoms with Crippen molar-refractivity contribution in [2.24, 2.45) is 10.7 Å². The second-order valence-corrected chi connectivity index (χ2v) is 6.89. The zero-order valence-corrected chi connectivity index (χ0v) is 15.8. The second-order valence-electron chi connectivity index (χ2n) is 6.46. The van der Waals surface area contributed by atoms with Gasteiger partial charge in [-0.25, -0.2) is 14.2 Å². The van der Waals surface area contributed by atoms with E-state index in [2.05, 4.69) is 15.3 Å². The minimum atomic E-state index is -1.10. The summed E-state index contributed by atoms with van der Waals surface area (Å²) in [7, 11) is 1.55. The Bertz CT molecular complexity index is 966. The molecule has 146 valence electrons. The Morgan fingerprint density at radius 3 is 2.79 bits per heavy atom. The van der Waals surface area contributed by atoms with Crippen molar-refractivity contribution in [2.45, 2.75) is 12.5 Å². The van der Waals surface area contributed by atoms with Gasteiger partial charge in [-0.3, -0.25) is 15.1 Å². The van der Waals surface area contributed by atoms with Crippen molar-refractivity contribution >= 4 is 35.1 Å². The number of aromatic nitrogens is 1. The number of carbonyl (C=O) groups excluding carboxylic acids is 2. The Morgan fingerprint density at radius 1 is 1.39 bits per heavy atom. The number of nitrogens with zero attached hydrogens (tertiary/aromatic N) is 3. The number of nitrogens with one attached hydrogen (secondary N) is 1. The van der Waals surface area contributed by atoms with E-state index in [1.54, 1.807) is 14.0 Å². The fourth-order valence-corrected chi connectivity index (χ4v) is 3.01. The molecule has 1 unspecified atom stereocenters. The number of benzene rings is 1. The van der Waals surface area contributed by atoms with Crippen LogP contribution in [-0.4, -0.2) is 41.3 Å². The van der Waals surface area contributed by atoms with E-state index < -0.39 is 23.4 Å². The lowest BCUT2D eigenvalue weighted by atomic mass is 9.89. The highest BCUT2D eigenvalue weighted by Crippen LogP contribution is 2.33. The number of anilines is 1. The molecule has 1 aliphatic rings. The van der Waals surface area contributed by atoms with Gasteiger partial charge in [-0.2, -0.15) is 0 Å². The van der Waals surface area contributed by atoms with Crippen LogP contribution < -0.4 is 15.8 Å². The van der Waals surface area contributed by atoms with E-state index in [4.69, 9.17) is 22.1 Å². The van der Waals surface area contributed by atoms with Crippen LogP contribution in [0.2, 0.25) is 5.02 Å². The number of ether oxygens (including phenoxy) is 1. The van der Waals surface area contributed by atoms with Crippen LogP contribution in [0.3, 0.4) is 0 Å². The third kappa shape index (κ3) is 4.04. The molecule has 0 aliphatic carbocycles. The van der Waals surface area contributed by atoms with Crippen LogP contribution in [0.1, 0.15) is 12.5 Å². The molecular formula is C18H17ClFN5O3. The van der Waals surface area contributed by atoms with Crippen LogP contribution in [0.15, 0.2) is 41.5 Å². The summed E-state index contributed by atoms with van der Waals surface area (Å²) in [5.74, 6) is -1.12. The van der Waals surface area contributed by atoms with Crippen molar-refractivity contribution in [3.63, 3.8) is 0 Å². The minimum Gasteiger partial charge on any atom is -0.391 e. The summed E-state index contributed by atoms with van der Waals surface area (Å²) in [5, 5.41) is 2.90. The average Bonchev–Trinajstić information content (AvgIpc) is 2.63. The highest BCUT2D eigenvalue weighted by molar-refractivity contribution is 6.37. The van der Waals surface area contributed by atoms with Crippen molar-refractivity contribution in [2.75, 3.05) is 18.9 Å². The number of halogens is 2. The van der Waals surface area contributed by atoms with Crippen LogP contribution in [0.4, 0.5) is 14.9 Å². The molecular weight excluding hydrogens is 389 g/mol. The van der Waals surface area contributed by atoms with E-state index in [1.807, 2.05) is 0 Å². The maximum Gasteiger partial charge on any atom is 0.418 e. The predicted molar refractivity (Wildman–Crippen MR) is 102 cm³/mol. The molecule has 0 spiro atoms.